The summed E-state index contributed by atoms with van der Waals surface area (Å²) in [5.41, 5.74) is 2.82. The summed E-state index contributed by atoms with van der Waals surface area (Å²) in [5, 5.41) is 6.89. The summed E-state index contributed by atoms with van der Waals surface area (Å²) in [6.07, 6.45) is 2.91. The zero-order valence-electron chi connectivity index (χ0n) is 13.6. The van der Waals surface area contributed by atoms with Crippen LogP contribution in [0, 0.1) is 19.8 Å². The predicted octanol–water partition coefficient (Wildman–Crippen LogP) is 2.94. The number of nitrogens with zero attached hydrogens (tertiary/aromatic N) is 1. The van der Waals surface area contributed by atoms with Crippen LogP contribution in [0.25, 0.3) is 0 Å². The maximum absolute atomic E-state index is 11.8. The lowest BCUT2D eigenvalue weighted by molar-refractivity contribution is -0.120. The van der Waals surface area contributed by atoms with Crippen LogP contribution >= 0.6 is 0 Å². The van der Waals surface area contributed by atoms with Gasteiger partial charge in [0.1, 0.15) is 18.1 Å². The molecule has 1 fully saturated rings. The molecular formula is C18H22N2O3. The summed E-state index contributed by atoms with van der Waals surface area (Å²) >= 11 is 0. The van der Waals surface area contributed by atoms with Crippen LogP contribution in [-0.2, 0) is 17.8 Å². The third kappa shape index (κ3) is 4.34. The van der Waals surface area contributed by atoms with Crippen LogP contribution in [0.4, 0.5) is 0 Å². The molecule has 23 heavy (non-hydrogen) atoms. The van der Waals surface area contributed by atoms with Gasteiger partial charge in [-0.3, -0.25) is 4.79 Å². The molecule has 0 spiro atoms. The topological polar surface area (TPSA) is 64.4 Å². The lowest BCUT2D eigenvalue weighted by Gasteiger charge is -2.07. The molecule has 0 radical (unpaired) electrons. The number of aryl methyl sites for hydroxylation is 2. The summed E-state index contributed by atoms with van der Waals surface area (Å²) < 4.78 is 10.9. The molecule has 1 heterocycles. The van der Waals surface area contributed by atoms with E-state index in [-0.39, 0.29) is 5.91 Å². The smallest absolute Gasteiger partial charge is 0.224 e. The fourth-order valence-corrected chi connectivity index (χ4v) is 2.40. The Hall–Kier alpha value is -2.30. The van der Waals surface area contributed by atoms with Gasteiger partial charge in [0.15, 0.2) is 0 Å². The number of nitrogens with one attached hydrogen (secondary N) is 1. The fourth-order valence-electron chi connectivity index (χ4n) is 2.40. The predicted molar refractivity (Wildman–Crippen MR) is 86.2 cm³/mol. The Balaban J connectivity index is 1.49. The number of carbonyl (C=O) groups is 1. The Labute approximate surface area is 136 Å². The van der Waals surface area contributed by atoms with E-state index >= 15 is 0 Å². The largest absolute Gasteiger partial charge is 0.489 e. The maximum Gasteiger partial charge on any atom is 0.224 e. The third-order valence-electron chi connectivity index (χ3n) is 4.14. The number of rotatable bonds is 7. The van der Waals surface area contributed by atoms with Gasteiger partial charge in [-0.05, 0) is 50.3 Å². The standard InChI is InChI=1S/C18H22N2O3/c1-12-17(13(2)23-20-12)11-22-16-7-5-14(6-8-16)9-18(21)19-10-15-3-4-15/h5-8,15H,3-4,9-11H2,1-2H3,(H,19,21). The highest BCUT2D eigenvalue weighted by Crippen LogP contribution is 2.27. The van der Waals surface area contributed by atoms with E-state index < -0.39 is 0 Å². The summed E-state index contributed by atoms with van der Waals surface area (Å²) in [6.45, 7) is 5.03. The number of aromatic nitrogens is 1. The molecule has 0 unspecified atom stereocenters. The van der Waals surface area contributed by atoms with Crippen molar-refractivity contribution in [2.24, 2.45) is 5.92 Å². The second-order valence-corrected chi connectivity index (χ2v) is 6.16. The Kier molecular flexibility index (Phi) is 4.65. The van der Waals surface area contributed by atoms with E-state index in [4.69, 9.17) is 9.26 Å². The molecule has 122 valence electrons. The second kappa shape index (κ2) is 6.86. The van der Waals surface area contributed by atoms with E-state index in [9.17, 15) is 4.79 Å². The molecule has 5 heteroatoms. The number of benzene rings is 1. The Morgan fingerprint density at radius 1 is 1.30 bits per heavy atom. The van der Waals surface area contributed by atoms with Crippen LogP contribution < -0.4 is 10.1 Å². The van der Waals surface area contributed by atoms with Crippen LogP contribution in [-0.4, -0.2) is 17.6 Å². The molecule has 1 amide bonds. The first-order chi connectivity index (χ1) is 11.1. The van der Waals surface area contributed by atoms with E-state index in [2.05, 4.69) is 10.5 Å². The van der Waals surface area contributed by atoms with Crippen LogP contribution in [0.15, 0.2) is 28.8 Å². The van der Waals surface area contributed by atoms with Gasteiger partial charge in [0.2, 0.25) is 5.91 Å². The minimum atomic E-state index is 0.0845. The van der Waals surface area contributed by atoms with Crippen molar-refractivity contribution in [3.63, 3.8) is 0 Å². The van der Waals surface area contributed by atoms with Crippen LogP contribution in [0.3, 0.4) is 0 Å². The highest BCUT2D eigenvalue weighted by Gasteiger charge is 2.21. The van der Waals surface area contributed by atoms with Gasteiger partial charge >= 0.3 is 0 Å². The highest BCUT2D eigenvalue weighted by atomic mass is 16.5. The van der Waals surface area contributed by atoms with Gasteiger partial charge in [-0.1, -0.05) is 17.3 Å². The van der Waals surface area contributed by atoms with Crippen molar-refractivity contribution in [3.05, 3.63) is 46.8 Å². The number of hydrogen-bond donors (Lipinski definition) is 1. The molecule has 0 atom stereocenters. The van der Waals surface area contributed by atoms with Gasteiger partial charge in [0, 0.05) is 6.54 Å². The number of amides is 1. The molecule has 1 saturated carbocycles. The quantitative estimate of drug-likeness (QED) is 0.853. The average molecular weight is 314 g/mol. The van der Waals surface area contributed by atoms with Gasteiger partial charge in [0.05, 0.1) is 17.7 Å². The normalized spacial score (nSPS) is 13.8. The minimum absolute atomic E-state index is 0.0845. The molecule has 1 aliphatic rings. The van der Waals surface area contributed by atoms with Gasteiger partial charge in [-0.2, -0.15) is 0 Å². The van der Waals surface area contributed by atoms with E-state index in [1.807, 2.05) is 38.1 Å². The highest BCUT2D eigenvalue weighted by molar-refractivity contribution is 5.78. The molecule has 3 rings (SSSR count). The van der Waals surface area contributed by atoms with Gasteiger partial charge < -0.3 is 14.6 Å². The van der Waals surface area contributed by atoms with Crippen molar-refractivity contribution >= 4 is 5.91 Å². The van der Waals surface area contributed by atoms with Crippen LogP contribution in [0.2, 0.25) is 0 Å². The lowest BCUT2D eigenvalue weighted by Crippen LogP contribution is -2.27. The Bertz CT molecular complexity index is 653. The van der Waals surface area contributed by atoms with Crippen molar-refractivity contribution in [3.8, 4) is 5.75 Å². The molecule has 2 aromatic rings. The van der Waals surface area contributed by atoms with Crippen molar-refractivity contribution in [1.29, 1.82) is 0 Å². The molecule has 0 aliphatic heterocycles. The van der Waals surface area contributed by atoms with Gasteiger partial charge in [-0.25, -0.2) is 0 Å². The maximum atomic E-state index is 11.8. The SMILES string of the molecule is Cc1noc(C)c1COc1ccc(CC(=O)NCC2CC2)cc1. The summed E-state index contributed by atoms with van der Waals surface area (Å²) in [5.74, 6) is 2.35. The van der Waals surface area contributed by atoms with Crippen LogP contribution in [0.5, 0.6) is 5.75 Å². The molecule has 1 N–H and O–H groups in total. The third-order valence-corrected chi connectivity index (χ3v) is 4.14. The Morgan fingerprint density at radius 3 is 2.65 bits per heavy atom. The van der Waals surface area contributed by atoms with Crippen LogP contribution in [0.1, 0.15) is 35.4 Å². The lowest BCUT2D eigenvalue weighted by atomic mass is 10.1. The second-order valence-electron chi connectivity index (χ2n) is 6.16. The number of carbonyl (C=O) groups excluding carboxylic acids is 1. The number of ether oxygens (including phenoxy) is 1. The van der Waals surface area contributed by atoms with Crippen molar-refractivity contribution in [2.45, 2.75) is 39.7 Å². The molecule has 0 bridgehead atoms. The minimum Gasteiger partial charge on any atom is -0.489 e. The molecule has 1 aliphatic carbocycles. The molecule has 1 aromatic heterocycles. The zero-order valence-corrected chi connectivity index (χ0v) is 13.6. The fraction of sp³-hybridized carbons (Fsp3) is 0.444. The first kappa shape index (κ1) is 15.6. The average Bonchev–Trinajstić information content (AvgIpc) is 3.32. The number of hydrogen-bond acceptors (Lipinski definition) is 4. The van der Waals surface area contributed by atoms with Gasteiger partial charge in [-0.15, -0.1) is 0 Å². The first-order valence-corrected chi connectivity index (χ1v) is 8.02. The molecule has 1 aromatic carbocycles. The molecular weight excluding hydrogens is 292 g/mol. The molecule has 5 nitrogen and oxygen atoms in total. The monoisotopic (exact) mass is 314 g/mol. The van der Waals surface area contributed by atoms with E-state index in [0.29, 0.717) is 18.9 Å². The summed E-state index contributed by atoms with van der Waals surface area (Å²) in [7, 11) is 0. The van der Waals surface area contributed by atoms with Gasteiger partial charge in [0.25, 0.3) is 0 Å². The van der Waals surface area contributed by atoms with E-state index in [0.717, 1.165) is 34.9 Å². The summed E-state index contributed by atoms with van der Waals surface area (Å²) in [6, 6.07) is 7.64. The first-order valence-electron chi connectivity index (χ1n) is 8.02. The van der Waals surface area contributed by atoms with E-state index in [1.54, 1.807) is 0 Å². The van der Waals surface area contributed by atoms with Crippen molar-refractivity contribution < 1.29 is 14.1 Å². The van der Waals surface area contributed by atoms with E-state index in [1.165, 1.54) is 12.8 Å². The van der Waals surface area contributed by atoms with Crippen molar-refractivity contribution in [1.82, 2.24) is 10.5 Å². The zero-order chi connectivity index (χ0) is 16.2. The van der Waals surface area contributed by atoms with Crippen molar-refractivity contribution in [2.75, 3.05) is 6.54 Å². The summed E-state index contributed by atoms with van der Waals surface area (Å²) in [4.78, 5) is 11.8. The Morgan fingerprint density at radius 2 is 2.04 bits per heavy atom. The molecule has 0 saturated heterocycles.